The number of aromatic nitrogens is 1. The molecule has 0 amide bonds. The molecule has 0 bridgehead atoms. The van der Waals surface area contributed by atoms with E-state index in [1.807, 2.05) is 47.8 Å². The van der Waals surface area contributed by atoms with Crippen LogP contribution in [-0.2, 0) is 0 Å². The van der Waals surface area contributed by atoms with Crippen LogP contribution >= 0.6 is 43.2 Å². The van der Waals surface area contributed by atoms with Gasteiger partial charge < -0.3 is 19.3 Å². The van der Waals surface area contributed by atoms with Crippen molar-refractivity contribution in [3.05, 3.63) is 79.3 Å². The summed E-state index contributed by atoms with van der Waals surface area (Å²) in [5.41, 5.74) is 3.13. The zero-order valence-corrected chi connectivity index (χ0v) is 23.0. The van der Waals surface area contributed by atoms with E-state index < -0.39 is 0 Å². The molecule has 3 aromatic carbocycles. The number of phenolic OH excluding ortho intramolecular Hbond substituents is 1. The number of methoxy groups -OCH3 is 3. The van der Waals surface area contributed by atoms with Crippen molar-refractivity contribution in [2.75, 3.05) is 21.3 Å². The lowest BCUT2D eigenvalue weighted by molar-refractivity contribution is 0.404. The zero-order chi connectivity index (χ0) is 24.9. The first-order valence-electron chi connectivity index (χ1n) is 10.3. The van der Waals surface area contributed by atoms with Gasteiger partial charge in [0.05, 0.1) is 47.9 Å². The van der Waals surface area contributed by atoms with Crippen molar-refractivity contribution in [1.29, 1.82) is 0 Å². The molecule has 0 saturated heterocycles. The number of hydrogen-bond donors (Lipinski definition) is 1. The molecule has 4 aromatic rings. The van der Waals surface area contributed by atoms with Gasteiger partial charge in [0.1, 0.15) is 23.0 Å². The Labute approximate surface area is 223 Å². The standard InChI is InChI=1S/C25H21Br2N3O4S/c1-32-17-6-4-16(5-7-17)29-25-30(28-13-15-10-20(26)24(31)21(27)11-15)22(14-35-25)19-12-18(33-2)8-9-23(19)34-3/h4-14,31H,1-3H3. The third kappa shape index (κ3) is 5.61. The second kappa shape index (κ2) is 11.1. The number of thiazole rings is 1. The second-order valence-electron chi connectivity index (χ2n) is 7.17. The van der Waals surface area contributed by atoms with Crippen molar-refractivity contribution in [1.82, 2.24) is 4.68 Å². The molecule has 0 saturated carbocycles. The van der Waals surface area contributed by atoms with Crippen LogP contribution in [0.5, 0.6) is 23.0 Å². The number of rotatable bonds is 7. The predicted molar refractivity (Wildman–Crippen MR) is 146 cm³/mol. The Hall–Kier alpha value is -3.08. The summed E-state index contributed by atoms with van der Waals surface area (Å²) in [4.78, 5) is 5.46. The molecule has 0 fully saturated rings. The minimum absolute atomic E-state index is 0.127. The van der Waals surface area contributed by atoms with E-state index in [-0.39, 0.29) is 5.75 Å². The Balaban J connectivity index is 1.89. The molecule has 0 radical (unpaired) electrons. The van der Waals surface area contributed by atoms with E-state index in [1.165, 1.54) is 11.3 Å². The number of phenols is 1. The first kappa shape index (κ1) is 25.0. The molecule has 10 heteroatoms. The SMILES string of the molecule is COc1ccc(N=c2scc(-c3cc(OC)ccc3OC)n2N=Cc2cc(Br)c(O)c(Br)c2)cc1. The summed E-state index contributed by atoms with van der Waals surface area (Å²) in [6, 6.07) is 16.6. The van der Waals surface area contributed by atoms with Gasteiger partial charge in [-0.25, -0.2) is 9.67 Å². The molecule has 1 heterocycles. The molecule has 35 heavy (non-hydrogen) atoms. The van der Waals surface area contributed by atoms with Gasteiger partial charge in [0.2, 0.25) is 4.80 Å². The quantitative estimate of drug-likeness (QED) is 0.237. The molecule has 7 nitrogen and oxygen atoms in total. The third-order valence-corrected chi connectivity index (χ3v) is 7.05. The van der Waals surface area contributed by atoms with Gasteiger partial charge in [-0.2, -0.15) is 5.10 Å². The maximum atomic E-state index is 10.0. The van der Waals surface area contributed by atoms with Gasteiger partial charge in [-0.1, -0.05) is 0 Å². The molecule has 0 spiro atoms. The number of hydrogen-bond acceptors (Lipinski definition) is 7. The van der Waals surface area contributed by atoms with Crippen molar-refractivity contribution >= 4 is 55.1 Å². The molecule has 4 rings (SSSR count). The highest BCUT2D eigenvalue weighted by molar-refractivity contribution is 9.11. The van der Waals surface area contributed by atoms with Crippen LogP contribution in [0.3, 0.4) is 0 Å². The minimum Gasteiger partial charge on any atom is -0.506 e. The van der Waals surface area contributed by atoms with Gasteiger partial charge in [-0.3, -0.25) is 0 Å². The largest absolute Gasteiger partial charge is 0.506 e. The van der Waals surface area contributed by atoms with Crippen LogP contribution in [0.1, 0.15) is 5.56 Å². The van der Waals surface area contributed by atoms with E-state index in [0.29, 0.717) is 25.2 Å². The Morgan fingerprint density at radius 1 is 0.886 bits per heavy atom. The Kier molecular flexibility index (Phi) is 7.94. The predicted octanol–water partition coefficient (Wildman–Crippen LogP) is 6.59. The van der Waals surface area contributed by atoms with Crippen LogP contribution < -0.4 is 19.0 Å². The number of halogens is 2. The highest BCUT2D eigenvalue weighted by Crippen LogP contribution is 2.35. The average molecular weight is 619 g/mol. The highest BCUT2D eigenvalue weighted by atomic mass is 79.9. The molecular formula is C25H21Br2N3O4S. The van der Waals surface area contributed by atoms with Crippen LogP contribution in [-0.4, -0.2) is 37.3 Å². The van der Waals surface area contributed by atoms with E-state index in [1.54, 1.807) is 44.4 Å². The number of aromatic hydroxyl groups is 1. The van der Waals surface area contributed by atoms with E-state index in [4.69, 9.17) is 24.3 Å². The van der Waals surface area contributed by atoms with Crippen LogP contribution in [0.4, 0.5) is 5.69 Å². The van der Waals surface area contributed by atoms with Crippen LogP contribution in [0.15, 0.2) is 79.0 Å². The summed E-state index contributed by atoms with van der Waals surface area (Å²) in [6.07, 6.45) is 1.70. The smallest absolute Gasteiger partial charge is 0.211 e. The fraction of sp³-hybridized carbons (Fsp3) is 0.120. The molecule has 0 aliphatic rings. The van der Waals surface area contributed by atoms with Crippen molar-refractivity contribution in [2.24, 2.45) is 10.1 Å². The van der Waals surface area contributed by atoms with Crippen molar-refractivity contribution in [3.63, 3.8) is 0 Å². The van der Waals surface area contributed by atoms with Crippen molar-refractivity contribution < 1.29 is 19.3 Å². The summed E-state index contributed by atoms with van der Waals surface area (Å²) in [5, 5.41) is 16.8. The summed E-state index contributed by atoms with van der Waals surface area (Å²) in [5.74, 6) is 2.26. The normalized spacial score (nSPS) is 11.7. The Morgan fingerprint density at radius 3 is 2.17 bits per heavy atom. The first-order chi connectivity index (χ1) is 16.9. The van der Waals surface area contributed by atoms with Gasteiger partial charge in [0, 0.05) is 10.9 Å². The van der Waals surface area contributed by atoms with Gasteiger partial charge in [-0.05, 0) is 92.0 Å². The van der Waals surface area contributed by atoms with Gasteiger partial charge >= 0.3 is 0 Å². The maximum absolute atomic E-state index is 10.0. The van der Waals surface area contributed by atoms with E-state index in [2.05, 4.69) is 31.9 Å². The third-order valence-electron chi connectivity index (χ3n) is 5.03. The van der Waals surface area contributed by atoms with E-state index >= 15 is 0 Å². The zero-order valence-electron chi connectivity index (χ0n) is 19.0. The monoisotopic (exact) mass is 617 g/mol. The van der Waals surface area contributed by atoms with Gasteiger partial charge in [-0.15, -0.1) is 11.3 Å². The summed E-state index contributed by atoms with van der Waals surface area (Å²) in [7, 11) is 4.87. The number of ether oxygens (including phenoxy) is 3. The number of benzene rings is 3. The molecule has 0 aliphatic heterocycles. The lowest BCUT2D eigenvalue weighted by atomic mass is 10.1. The van der Waals surface area contributed by atoms with E-state index in [0.717, 1.165) is 28.3 Å². The Bertz CT molecular complexity index is 1420. The summed E-state index contributed by atoms with van der Waals surface area (Å²) < 4.78 is 19.2. The van der Waals surface area contributed by atoms with Crippen LogP contribution in [0.2, 0.25) is 0 Å². The van der Waals surface area contributed by atoms with Gasteiger partial charge in [0.15, 0.2) is 0 Å². The molecule has 0 unspecified atom stereocenters. The molecular weight excluding hydrogens is 598 g/mol. The van der Waals surface area contributed by atoms with Crippen LogP contribution in [0, 0.1) is 0 Å². The summed E-state index contributed by atoms with van der Waals surface area (Å²) in [6.45, 7) is 0. The number of nitrogens with zero attached hydrogens (tertiary/aromatic N) is 3. The van der Waals surface area contributed by atoms with Crippen molar-refractivity contribution in [2.45, 2.75) is 0 Å². The molecule has 0 atom stereocenters. The lowest BCUT2D eigenvalue weighted by Crippen LogP contribution is -2.12. The van der Waals surface area contributed by atoms with Crippen molar-refractivity contribution in [3.8, 4) is 34.3 Å². The highest BCUT2D eigenvalue weighted by Gasteiger charge is 2.14. The first-order valence-corrected chi connectivity index (χ1v) is 12.7. The van der Waals surface area contributed by atoms with Crippen LogP contribution in [0.25, 0.3) is 11.3 Å². The fourth-order valence-electron chi connectivity index (χ4n) is 3.24. The summed E-state index contributed by atoms with van der Waals surface area (Å²) >= 11 is 8.18. The van der Waals surface area contributed by atoms with E-state index in [9.17, 15) is 5.11 Å². The minimum atomic E-state index is 0.127. The molecule has 0 aliphatic carbocycles. The lowest BCUT2D eigenvalue weighted by Gasteiger charge is -2.11. The topological polar surface area (TPSA) is 77.6 Å². The molecule has 1 N–H and O–H groups in total. The molecule has 1 aromatic heterocycles. The molecule has 180 valence electrons. The maximum Gasteiger partial charge on any atom is 0.211 e. The average Bonchev–Trinajstić information content (AvgIpc) is 3.27. The fourth-order valence-corrected chi connectivity index (χ4v) is 5.31. The second-order valence-corrected chi connectivity index (χ2v) is 9.71. The van der Waals surface area contributed by atoms with Gasteiger partial charge in [0.25, 0.3) is 0 Å². The Morgan fingerprint density at radius 2 is 1.54 bits per heavy atom.